The van der Waals surface area contributed by atoms with E-state index in [0.717, 1.165) is 12.1 Å². The summed E-state index contributed by atoms with van der Waals surface area (Å²) in [5.74, 6) is -1.53. The second kappa shape index (κ2) is 8.54. The number of rotatable bonds is 8. The zero-order valence-electron chi connectivity index (χ0n) is 13.8. The fraction of sp³-hybridized carbons (Fsp3) is 0.533. The maximum absolute atomic E-state index is 12.9. The average Bonchev–Trinajstić information content (AvgIpc) is 2.48. The minimum atomic E-state index is -4.59. The van der Waals surface area contributed by atoms with E-state index in [9.17, 15) is 22.8 Å². The molecule has 1 rings (SSSR count). The normalized spacial score (nSPS) is 11.7. The van der Waals surface area contributed by atoms with Crippen molar-refractivity contribution >= 4 is 12.0 Å². The van der Waals surface area contributed by atoms with E-state index in [1.807, 2.05) is 0 Å². The topological polar surface area (TPSA) is 101 Å². The number of halogens is 3. The third-order valence-corrected chi connectivity index (χ3v) is 2.95. The molecule has 2 amide bonds. The number of ether oxygens (including phenoxy) is 1. The first-order valence-electron chi connectivity index (χ1n) is 7.44. The van der Waals surface area contributed by atoms with Crippen molar-refractivity contribution in [2.75, 3.05) is 13.2 Å². The molecule has 0 aliphatic heterocycles. The summed E-state index contributed by atoms with van der Waals surface area (Å²) < 4.78 is 43.7. The highest BCUT2D eigenvalue weighted by Gasteiger charge is 2.35. The second-order valence-electron chi connectivity index (χ2n) is 5.90. The number of nitrogens with zero attached hydrogens (tertiary/aromatic N) is 1. The summed E-state index contributed by atoms with van der Waals surface area (Å²) >= 11 is 0. The van der Waals surface area contributed by atoms with Crippen molar-refractivity contribution in [1.29, 1.82) is 0 Å². The van der Waals surface area contributed by atoms with Gasteiger partial charge in [-0.15, -0.1) is 0 Å². The van der Waals surface area contributed by atoms with Crippen LogP contribution < -0.4 is 15.4 Å². The van der Waals surface area contributed by atoms with Gasteiger partial charge in [0.2, 0.25) is 5.88 Å². The molecule has 0 fully saturated rings. The van der Waals surface area contributed by atoms with Crippen LogP contribution in [-0.4, -0.2) is 40.8 Å². The standard InChI is InChI=1S/C15H20F3N3O4/c1-14(2,21-13(24)20-8-4-6-11(22)23)9-25-12-10(15(16,17)18)5-3-7-19-12/h3,5,7H,4,6,8-9H2,1-2H3,(H,22,23)(H2,20,21,24). The van der Waals surface area contributed by atoms with Crippen molar-refractivity contribution in [3.63, 3.8) is 0 Å². The number of pyridine rings is 1. The van der Waals surface area contributed by atoms with E-state index >= 15 is 0 Å². The van der Waals surface area contributed by atoms with Crippen LogP contribution in [0.15, 0.2) is 18.3 Å². The van der Waals surface area contributed by atoms with Crippen LogP contribution in [0.2, 0.25) is 0 Å². The Bertz CT molecular complexity index is 606. The second-order valence-corrected chi connectivity index (χ2v) is 5.90. The fourth-order valence-corrected chi connectivity index (χ4v) is 1.80. The van der Waals surface area contributed by atoms with Crippen LogP contribution in [0.4, 0.5) is 18.0 Å². The number of carboxylic acids is 1. The summed E-state index contributed by atoms with van der Waals surface area (Å²) in [6.07, 6.45) is -3.22. The van der Waals surface area contributed by atoms with Crippen LogP contribution in [0, 0.1) is 0 Å². The summed E-state index contributed by atoms with van der Waals surface area (Å²) in [6, 6.07) is 1.44. The van der Waals surface area contributed by atoms with Gasteiger partial charge in [0.25, 0.3) is 0 Å². The number of aromatic nitrogens is 1. The van der Waals surface area contributed by atoms with Crippen molar-refractivity contribution in [3.8, 4) is 5.88 Å². The summed E-state index contributed by atoms with van der Waals surface area (Å²) in [4.78, 5) is 25.7. The highest BCUT2D eigenvalue weighted by Crippen LogP contribution is 2.34. The number of carbonyl (C=O) groups is 2. The SMILES string of the molecule is CC(C)(COc1ncccc1C(F)(F)F)NC(=O)NCCCC(=O)O. The van der Waals surface area contributed by atoms with E-state index < -0.39 is 35.2 Å². The molecular weight excluding hydrogens is 343 g/mol. The molecule has 0 saturated carbocycles. The van der Waals surface area contributed by atoms with Gasteiger partial charge < -0.3 is 20.5 Å². The molecule has 0 saturated heterocycles. The van der Waals surface area contributed by atoms with E-state index in [0.29, 0.717) is 0 Å². The summed E-state index contributed by atoms with van der Waals surface area (Å²) in [6.45, 7) is 3.06. The zero-order chi connectivity index (χ0) is 19.1. The van der Waals surface area contributed by atoms with Crippen LogP contribution in [0.25, 0.3) is 0 Å². The van der Waals surface area contributed by atoms with Gasteiger partial charge in [-0.1, -0.05) is 0 Å². The van der Waals surface area contributed by atoms with Gasteiger partial charge in [0.15, 0.2) is 0 Å². The lowest BCUT2D eigenvalue weighted by atomic mass is 10.1. The molecule has 10 heteroatoms. The molecule has 140 valence electrons. The van der Waals surface area contributed by atoms with Crippen LogP contribution in [0.3, 0.4) is 0 Å². The maximum Gasteiger partial charge on any atom is 0.421 e. The Morgan fingerprint density at radius 2 is 2.00 bits per heavy atom. The molecule has 0 aromatic carbocycles. The molecule has 0 aliphatic carbocycles. The molecule has 0 radical (unpaired) electrons. The number of hydrogen-bond acceptors (Lipinski definition) is 4. The van der Waals surface area contributed by atoms with Crippen molar-refractivity contribution in [2.45, 2.75) is 38.4 Å². The highest BCUT2D eigenvalue weighted by atomic mass is 19.4. The molecule has 1 aromatic heterocycles. The van der Waals surface area contributed by atoms with Gasteiger partial charge in [0, 0.05) is 19.2 Å². The van der Waals surface area contributed by atoms with Crippen LogP contribution >= 0.6 is 0 Å². The summed E-state index contributed by atoms with van der Waals surface area (Å²) in [5, 5.41) is 13.5. The number of urea groups is 1. The Hall–Kier alpha value is -2.52. The lowest BCUT2D eigenvalue weighted by Gasteiger charge is -2.26. The third-order valence-electron chi connectivity index (χ3n) is 2.95. The number of aliphatic carboxylic acids is 1. The average molecular weight is 363 g/mol. The van der Waals surface area contributed by atoms with Gasteiger partial charge in [-0.05, 0) is 32.4 Å². The lowest BCUT2D eigenvalue weighted by molar-refractivity contribution is -0.139. The number of carbonyl (C=O) groups excluding carboxylic acids is 1. The number of hydrogen-bond donors (Lipinski definition) is 3. The van der Waals surface area contributed by atoms with Gasteiger partial charge in [-0.3, -0.25) is 4.79 Å². The van der Waals surface area contributed by atoms with Gasteiger partial charge in [0.1, 0.15) is 12.2 Å². The Morgan fingerprint density at radius 3 is 2.60 bits per heavy atom. The Labute approximate surface area is 142 Å². The fourth-order valence-electron chi connectivity index (χ4n) is 1.80. The molecule has 25 heavy (non-hydrogen) atoms. The summed E-state index contributed by atoms with van der Waals surface area (Å²) in [7, 11) is 0. The molecule has 3 N–H and O–H groups in total. The predicted octanol–water partition coefficient (Wildman–Crippen LogP) is 2.42. The Kier molecular flexibility index (Phi) is 7.01. The smallest absolute Gasteiger partial charge is 0.421 e. The van der Waals surface area contributed by atoms with Crippen molar-refractivity contribution in [3.05, 3.63) is 23.9 Å². The first kappa shape index (κ1) is 20.5. The highest BCUT2D eigenvalue weighted by molar-refractivity contribution is 5.74. The maximum atomic E-state index is 12.9. The number of carboxylic acid groups (broad SMARTS) is 1. The molecule has 7 nitrogen and oxygen atoms in total. The van der Waals surface area contributed by atoms with Gasteiger partial charge in [0.05, 0.1) is 5.54 Å². The molecule has 0 spiro atoms. The van der Waals surface area contributed by atoms with E-state index in [1.165, 1.54) is 6.20 Å². The Morgan fingerprint density at radius 1 is 1.32 bits per heavy atom. The minimum absolute atomic E-state index is 0.0767. The molecule has 0 aliphatic rings. The predicted molar refractivity (Wildman–Crippen MR) is 82.2 cm³/mol. The van der Waals surface area contributed by atoms with Crippen LogP contribution in [0.1, 0.15) is 32.3 Å². The van der Waals surface area contributed by atoms with Gasteiger partial charge in [-0.25, -0.2) is 9.78 Å². The molecule has 0 bridgehead atoms. The molecule has 1 aromatic rings. The molecular formula is C15H20F3N3O4. The largest absolute Gasteiger partial charge is 0.481 e. The Balaban J connectivity index is 2.53. The van der Waals surface area contributed by atoms with Crippen molar-refractivity contribution in [1.82, 2.24) is 15.6 Å². The van der Waals surface area contributed by atoms with E-state index in [2.05, 4.69) is 15.6 Å². The van der Waals surface area contributed by atoms with E-state index in [1.54, 1.807) is 13.8 Å². The van der Waals surface area contributed by atoms with Crippen molar-refractivity contribution in [2.24, 2.45) is 0 Å². The molecule has 0 atom stereocenters. The number of alkyl halides is 3. The molecule has 0 unspecified atom stereocenters. The monoisotopic (exact) mass is 363 g/mol. The van der Waals surface area contributed by atoms with Gasteiger partial charge >= 0.3 is 18.2 Å². The lowest BCUT2D eigenvalue weighted by Crippen LogP contribution is -2.51. The number of nitrogens with one attached hydrogen (secondary N) is 2. The first-order valence-corrected chi connectivity index (χ1v) is 7.44. The quantitative estimate of drug-likeness (QED) is 0.616. The van der Waals surface area contributed by atoms with Crippen LogP contribution in [0.5, 0.6) is 5.88 Å². The minimum Gasteiger partial charge on any atom is -0.481 e. The first-order chi connectivity index (χ1) is 11.5. The zero-order valence-corrected chi connectivity index (χ0v) is 13.8. The van der Waals surface area contributed by atoms with Crippen LogP contribution in [-0.2, 0) is 11.0 Å². The van der Waals surface area contributed by atoms with E-state index in [4.69, 9.17) is 9.84 Å². The number of amides is 2. The van der Waals surface area contributed by atoms with E-state index in [-0.39, 0.29) is 26.0 Å². The summed E-state index contributed by atoms with van der Waals surface area (Å²) in [5.41, 5.74) is -1.97. The van der Waals surface area contributed by atoms with Gasteiger partial charge in [-0.2, -0.15) is 13.2 Å². The third kappa shape index (κ3) is 7.73. The molecule has 1 heterocycles. The van der Waals surface area contributed by atoms with Crippen molar-refractivity contribution < 1.29 is 32.6 Å².